The van der Waals surface area contributed by atoms with Crippen molar-refractivity contribution in [2.45, 2.75) is 68.9 Å². The van der Waals surface area contributed by atoms with Crippen molar-refractivity contribution in [1.82, 2.24) is 20.1 Å². The number of rotatable bonds is 8. The van der Waals surface area contributed by atoms with Crippen LogP contribution >= 0.6 is 11.8 Å². The molecule has 29 heavy (non-hydrogen) atoms. The van der Waals surface area contributed by atoms with E-state index >= 15 is 0 Å². The monoisotopic (exact) mass is 414 g/mol. The van der Waals surface area contributed by atoms with Gasteiger partial charge in [-0.05, 0) is 62.8 Å². The largest absolute Gasteiger partial charge is 0.352 e. The number of benzene rings is 1. The van der Waals surface area contributed by atoms with Crippen LogP contribution in [0.1, 0.15) is 45.1 Å². The van der Waals surface area contributed by atoms with Gasteiger partial charge in [0.2, 0.25) is 5.91 Å². The van der Waals surface area contributed by atoms with Gasteiger partial charge in [0.15, 0.2) is 5.16 Å². The van der Waals surface area contributed by atoms with E-state index in [0.717, 1.165) is 18.3 Å². The van der Waals surface area contributed by atoms with Crippen molar-refractivity contribution in [3.8, 4) is 0 Å². The van der Waals surface area contributed by atoms with E-state index in [1.165, 1.54) is 43.0 Å². The van der Waals surface area contributed by atoms with Gasteiger partial charge in [-0.25, -0.2) is 9.89 Å². The van der Waals surface area contributed by atoms with Crippen molar-refractivity contribution in [1.29, 1.82) is 0 Å². The van der Waals surface area contributed by atoms with Gasteiger partial charge in [-0.2, -0.15) is 0 Å². The van der Waals surface area contributed by atoms with Gasteiger partial charge in [-0.1, -0.05) is 48.5 Å². The van der Waals surface area contributed by atoms with Crippen molar-refractivity contribution >= 4 is 17.7 Å². The van der Waals surface area contributed by atoms with Gasteiger partial charge >= 0.3 is 5.69 Å². The van der Waals surface area contributed by atoms with Gasteiger partial charge in [-0.15, -0.1) is 5.10 Å². The number of nitrogens with zero attached hydrogens (tertiary/aromatic N) is 2. The third-order valence-corrected chi connectivity index (χ3v) is 7.74. The predicted molar refractivity (Wildman–Crippen MR) is 115 cm³/mol. The lowest BCUT2D eigenvalue weighted by molar-refractivity contribution is -0.121. The molecule has 2 aliphatic rings. The molecule has 0 spiro atoms. The van der Waals surface area contributed by atoms with E-state index in [9.17, 15) is 9.59 Å². The van der Waals surface area contributed by atoms with Crippen LogP contribution in [0.15, 0.2) is 40.3 Å². The summed E-state index contributed by atoms with van der Waals surface area (Å²) in [7, 11) is 0. The quantitative estimate of drug-likeness (QED) is 0.650. The summed E-state index contributed by atoms with van der Waals surface area (Å²) in [5.74, 6) is 2.30. The Morgan fingerprint density at radius 2 is 2.07 bits per heavy atom. The molecule has 2 N–H and O–H groups in total. The predicted octanol–water partition coefficient (Wildman–Crippen LogP) is 3.24. The molecule has 2 fully saturated rings. The second-order valence-corrected chi connectivity index (χ2v) is 9.90. The van der Waals surface area contributed by atoms with Crippen LogP contribution in [0.4, 0.5) is 0 Å². The van der Waals surface area contributed by atoms with Crippen LogP contribution in [0.25, 0.3) is 0 Å². The number of aryl methyl sites for hydroxylation is 1. The Morgan fingerprint density at radius 1 is 1.28 bits per heavy atom. The number of aromatic amines is 1. The highest BCUT2D eigenvalue weighted by Crippen LogP contribution is 2.49. The summed E-state index contributed by atoms with van der Waals surface area (Å²) in [6.07, 6.45) is 6.03. The molecule has 2 saturated carbocycles. The summed E-state index contributed by atoms with van der Waals surface area (Å²) in [6, 6.07) is 10.3. The summed E-state index contributed by atoms with van der Waals surface area (Å²) in [5, 5.41) is 10.2. The third-order valence-electron chi connectivity index (χ3n) is 6.65. The van der Waals surface area contributed by atoms with Crippen molar-refractivity contribution in [3.63, 3.8) is 0 Å². The first kappa shape index (κ1) is 20.3. The smallest absolute Gasteiger partial charge is 0.343 e. The Bertz CT molecular complexity index is 894. The Balaban J connectivity index is 1.33. The van der Waals surface area contributed by atoms with Crippen LogP contribution in [0.2, 0.25) is 0 Å². The van der Waals surface area contributed by atoms with E-state index in [4.69, 9.17) is 0 Å². The summed E-state index contributed by atoms with van der Waals surface area (Å²) >= 11 is 1.34. The molecule has 0 radical (unpaired) electrons. The molecular formula is C22H30N4O2S. The fourth-order valence-electron chi connectivity index (χ4n) is 5.04. The van der Waals surface area contributed by atoms with Crippen molar-refractivity contribution in [3.05, 3.63) is 46.4 Å². The molecule has 1 amide bonds. The number of H-pyrrole nitrogens is 1. The Hall–Kier alpha value is -2.02. The highest BCUT2D eigenvalue weighted by molar-refractivity contribution is 8.00. The maximum atomic E-state index is 12.8. The normalized spacial score (nSPS) is 25.1. The maximum Gasteiger partial charge on any atom is 0.343 e. The second kappa shape index (κ2) is 8.78. The first-order valence-electron chi connectivity index (χ1n) is 10.7. The van der Waals surface area contributed by atoms with E-state index in [-0.39, 0.29) is 22.9 Å². The molecule has 7 heteroatoms. The minimum atomic E-state index is -0.304. The average molecular weight is 415 g/mol. The Labute approximate surface area is 175 Å². The fourth-order valence-corrected chi connectivity index (χ4v) is 5.93. The topological polar surface area (TPSA) is 79.8 Å². The number of aromatic nitrogens is 3. The van der Waals surface area contributed by atoms with Crippen LogP contribution in [-0.2, 0) is 17.8 Å². The Kier molecular flexibility index (Phi) is 6.13. The number of carbonyl (C=O) groups is 1. The molecular weight excluding hydrogens is 384 g/mol. The summed E-state index contributed by atoms with van der Waals surface area (Å²) in [6.45, 7) is 4.57. The highest BCUT2D eigenvalue weighted by Gasteiger charge is 2.42. The molecule has 2 aliphatic carbocycles. The fraction of sp³-hybridized carbons (Fsp3) is 0.591. The number of nitrogens with one attached hydrogen (secondary N) is 2. The summed E-state index contributed by atoms with van der Waals surface area (Å²) < 4.78 is 1.63. The van der Waals surface area contributed by atoms with Gasteiger partial charge in [-0.3, -0.25) is 9.36 Å². The number of thioether (sulfide) groups is 1. The zero-order valence-corrected chi connectivity index (χ0v) is 18.0. The lowest BCUT2D eigenvalue weighted by Gasteiger charge is -2.29. The minimum absolute atomic E-state index is 0.0235. The van der Waals surface area contributed by atoms with Crippen LogP contribution in [0, 0.1) is 17.8 Å². The molecule has 5 atom stereocenters. The van der Waals surface area contributed by atoms with Gasteiger partial charge in [0.1, 0.15) is 0 Å². The van der Waals surface area contributed by atoms with Crippen LogP contribution in [0.5, 0.6) is 0 Å². The molecule has 0 aliphatic heterocycles. The van der Waals surface area contributed by atoms with Gasteiger partial charge in [0, 0.05) is 12.6 Å². The van der Waals surface area contributed by atoms with Crippen LogP contribution in [-0.4, -0.2) is 32.0 Å². The highest BCUT2D eigenvalue weighted by atomic mass is 32.2. The molecule has 6 nitrogen and oxygen atoms in total. The molecule has 0 saturated heterocycles. The molecule has 2 aromatic rings. The first-order valence-corrected chi connectivity index (χ1v) is 11.6. The molecule has 156 valence electrons. The standard InChI is InChI=1S/C22H30N4O2S/c1-14(19-13-17-8-9-18(19)12-17)23-20(27)15(2)29-22-25-24-21(28)26(22)11-10-16-6-4-3-5-7-16/h3-7,14-15,17-19H,8-13H2,1-2H3,(H,23,27)(H,24,28)/t14-,15+,17+,18+,19-/m1/s1. The second-order valence-electron chi connectivity index (χ2n) is 8.59. The van der Waals surface area contributed by atoms with Gasteiger partial charge in [0.25, 0.3) is 0 Å². The maximum absolute atomic E-state index is 12.8. The van der Waals surface area contributed by atoms with Gasteiger partial charge < -0.3 is 5.32 Å². The number of amides is 1. The summed E-state index contributed by atoms with van der Waals surface area (Å²) in [5.41, 5.74) is 0.938. The first-order chi connectivity index (χ1) is 14.0. The molecule has 4 rings (SSSR count). The van der Waals surface area contributed by atoms with E-state index in [1.54, 1.807) is 4.57 Å². The van der Waals surface area contributed by atoms with Crippen molar-refractivity contribution in [2.75, 3.05) is 0 Å². The molecule has 1 heterocycles. The van der Waals surface area contributed by atoms with Crippen molar-refractivity contribution in [2.24, 2.45) is 17.8 Å². The van der Waals surface area contributed by atoms with E-state index < -0.39 is 0 Å². The molecule has 0 unspecified atom stereocenters. The van der Waals surface area contributed by atoms with Crippen molar-refractivity contribution < 1.29 is 4.79 Å². The lowest BCUT2D eigenvalue weighted by atomic mass is 9.84. The van der Waals surface area contributed by atoms with E-state index in [2.05, 4.69) is 22.4 Å². The third kappa shape index (κ3) is 4.60. The minimum Gasteiger partial charge on any atom is -0.352 e. The number of carbonyl (C=O) groups excluding carboxylic acids is 1. The molecule has 2 bridgehead atoms. The summed E-state index contributed by atoms with van der Waals surface area (Å²) in [4.78, 5) is 24.9. The van der Waals surface area contributed by atoms with E-state index in [0.29, 0.717) is 17.6 Å². The molecule has 1 aromatic carbocycles. The van der Waals surface area contributed by atoms with Crippen LogP contribution < -0.4 is 11.0 Å². The zero-order chi connectivity index (χ0) is 20.4. The number of fused-ring (bicyclic) bond motifs is 2. The number of hydrogen-bond acceptors (Lipinski definition) is 4. The SMILES string of the molecule is C[C@H](Sc1n[nH]c(=O)n1CCc1ccccc1)C(=O)N[C@H](C)[C@H]1C[C@H]2CC[C@H]1C2. The Morgan fingerprint density at radius 3 is 2.76 bits per heavy atom. The lowest BCUT2D eigenvalue weighted by Crippen LogP contribution is -2.43. The van der Waals surface area contributed by atoms with Gasteiger partial charge in [0.05, 0.1) is 5.25 Å². The van der Waals surface area contributed by atoms with Crippen LogP contribution in [0.3, 0.4) is 0 Å². The molecule has 1 aromatic heterocycles. The average Bonchev–Trinajstić information content (AvgIpc) is 3.44. The van der Waals surface area contributed by atoms with E-state index in [1.807, 2.05) is 37.3 Å². The zero-order valence-electron chi connectivity index (χ0n) is 17.1. The number of hydrogen-bond donors (Lipinski definition) is 2.